The molecule has 1 heterocycles. The van der Waals surface area contributed by atoms with Crippen molar-refractivity contribution in [1.82, 2.24) is 0 Å². The van der Waals surface area contributed by atoms with Crippen LogP contribution in [0.3, 0.4) is 0 Å². The highest BCUT2D eigenvalue weighted by molar-refractivity contribution is 9.10. The molecule has 2 nitrogen and oxygen atoms in total. The van der Waals surface area contributed by atoms with E-state index in [4.69, 9.17) is 4.42 Å². The Bertz CT molecular complexity index is 368. The van der Waals surface area contributed by atoms with Crippen LogP contribution in [0.15, 0.2) is 32.9 Å². The summed E-state index contributed by atoms with van der Waals surface area (Å²) in [5, 5.41) is 10.2. The van der Waals surface area contributed by atoms with Crippen LogP contribution in [0.5, 0.6) is 0 Å². The highest BCUT2D eigenvalue weighted by Crippen LogP contribution is 2.33. The SMILES string of the molecule is OC(/C1=C/CCCCCC1)c1occc1Br. The number of allylic oxidation sites excluding steroid dienone is 1. The Hall–Kier alpha value is -0.540. The second kappa shape index (κ2) is 5.69. The molecule has 1 atom stereocenters. The first-order valence-electron chi connectivity index (χ1n) is 5.89. The van der Waals surface area contributed by atoms with E-state index in [9.17, 15) is 5.11 Å². The highest BCUT2D eigenvalue weighted by atomic mass is 79.9. The summed E-state index contributed by atoms with van der Waals surface area (Å²) < 4.78 is 6.16. The number of hydrogen-bond acceptors (Lipinski definition) is 2. The summed E-state index contributed by atoms with van der Waals surface area (Å²) in [7, 11) is 0. The van der Waals surface area contributed by atoms with E-state index in [-0.39, 0.29) is 0 Å². The minimum Gasteiger partial charge on any atom is -0.465 e. The average molecular weight is 285 g/mol. The maximum atomic E-state index is 10.2. The van der Waals surface area contributed by atoms with Crippen molar-refractivity contribution in [2.24, 2.45) is 0 Å². The van der Waals surface area contributed by atoms with Gasteiger partial charge in [0.1, 0.15) is 6.10 Å². The molecule has 2 rings (SSSR count). The zero-order chi connectivity index (χ0) is 11.4. The molecule has 0 aromatic carbocycles. The van der Waals surface area contributed by atoms with Crippen LogP contribution in [0.1, 0.15) is 50.4 Å². The molecule has 0 fully saturated rings. The molecule has 0 aliphatic heterocycles. The first kappa shape index (κ1) is 11.9. The van der Waals surface area contributed by atoms with E-state index in [1.54, 1.807) is 6.26 Å². The Morgan fingerprint density at radius 1 is 1.25 bits per heavy atom. The van der Waals surface area contributed by atoms with E-state index in [1.165, 1.54) is 25.7 Å². The van der Waals surface area contributed by atoms with Crippen LogP contribution in [0.4, 0.5) is 0 Å². The molecule has 1 aromatic heterocycles. The fraction of sp³-hybridized carbons (Fsp3) is 0.538. The number of rotatable bonds is 2. The molecule has 16 heavy (non-hydrogen) atoms. The highest BCUT2D eigenvalue weighted by Gasteiger charge is 2.19. The van der Waals surface area contributed by atoms with Crippen LogP contribution in [-0.4, -0.2) is 5.11 Å². The molecule has 0 saturated carbocycles. The van der Waals surface area contributed by atoms with Gasteiger partial charge in [0.2, 0.25) is 0 Å². The first-order valence-corrected chi connectivity index (χ1v) is 6.68. The Morgan fingerprint density at radius 3 is 2.81 bits per heavy atom. The Morgan fingerprint density at radius 2 is 2.06 bits per heavy atom. The van der Waals surface area contributed by atoms with Gasteiger partial charge in [-0.3, -0.25) is 0 Å². The lowest BCUT2D eigenvalue weighted by Gasteiger charge is -2.16. The van der Waals surface area contributed by atoms with Gasteiger partial charge < -0.3 is 9.52 Å². The fourth-order valence-electron chi connectivity index (χ4n) is 2.13. The molecule has 0 spiro atoms. The van der Waals surface area contributed by atoms with Gasteiger partial charge >= 0.3 is 0 Å². The van der Waals surface area contributed by atoms with Crippen LogP contribution in [0, 0.1) is 0 Å². The monoisotopic (exact) mass is 284 g/mol. The molecule has 1 aromatic rings. The zero-order valence-corrected chi connectivity index (χ0v) is 10.9. The topological polar surface area (TPSA) is 33.4 Å². The van der Waals surface area contributed by atoms with Gasteiger partial charge in [0.15, 0.2) is 5.76 Å². The van der Waals surface area contributed by atoms with E-state index in [1.807, 2.05) is 6.07 Å². The summed E-state index contributed by atoms with van der Waals surface area (Å²) in [6.07, 6.45) is 10.2. The lowest BCUT2D eigenvalue weighted by molar-refractivity contribution is 0.178. The molecule has 1 aliphatic rings. The Balaban J connectivity index is 2.13. The molecular weight excluding hydrogens is 268 g/mol. The fourth-order valence-corrected chi connectivity index (χ4v) is 2.55. The Labute approximate surface area is 104 Å². The van der Waals surface area contributed by atoms with Crippen LogP contribution in [0.25, 0.3) is 0 Å². The minimum absolute atomic E-state index is 0.581. The van der Waals surface area contributed by atoms with E-state index in [0.29, 0.717) is 5.76 Å². The maximum Gasteiger partial charge on any atom is 0.150 e. The second-order valence-corrected chi connectivity index (χ2v) is 5.12. The van der Waals surface area contributed by atoms with E-state index in [0.717, 1.165) is 22.9 Å². The molecule has 1 unspecified atom stereocenters. The molecule has 1 N–H and O–H groups in total. The Kier molecular flexibility index (Phi) is 4.24. The molecule has 0 radical (unpaired) electrons. The van der Waals surface area contributed by atoms with Gasteiger partial charge in [-0.1, -0.05) is 18.9 Å². The van der Waals surface area contributed by atoms with Gasteiger partial charge in [-0.05, 0) is 53.3 Å². The lowest BCUT2D eigenvalue weighted by Crippen LogP contribution is -2.03. The molecular formula is C13H17BrO2. The molecule has 0 saturated heterocycles. The van der Waals surface area contributed by atoms with Gasteiger partial charge in [0.25, 0.3) is 0 Å². The van der Waals surface area contributed by atoms with Crippen molar-refractivity contribution in [1.29, 1.82) is 0 Å². The normalized spacial score (nSPS) is 23.0. The van der Waals surface area contributed by atoms with Crippen molar-refractivity contribution in [3.63, 3.8) is 0 Å². The van der Waals surface area contributed by atoms with Gasteiger partial charge in [-0.15, -0.1) is 0 Å². The zero-order valence-electron chi connectivity index (χ0n) is 9.29. The van der Waals surface area contributed by atoms with Crippen molar-refractivity contribution in [3.8, 4) is 0 Å². The van der Waals surface area contributed by atoms with Crippen LogP contribution in [0.2, 0.25) is 0 Å². The van der Waals surface area contributed by atoms with Gasteiger partial charge in [0, 0.05) is 0 Å². The van der Waals surface area contributed by atoms with Gasteiger partial charge in [-0.25, -0.2) is 0 Å². The predicted octanol–water partition coefficient (Wildman–Crippen LogP) is 4.36. The van der Waals surface area contributed by atoms with Gasteiger partial charge in [-0.2, -0.15) is 0 Å². The summed E-state index contributed by atoms with van der Waals surface area (Å²) in [4.78, 5) is 0. The number of halogens is 1. The minimum atomic E-state index is -0.581. The standard InChI is InChI=1S/C13H17BrO2/c14-11-8-9-16-13(11)12(15)10-6-4-2-1-3-5-7-10/h6,8-9,12,15H,1-5,7H2/b10-6+. The largest absolute Gasteiger partial charge is 0.465 e. The lowest BCUT2D eigenvalue weighted by atomic mass is 9.95. The number of furan rings is 1. The summed E-state index contributed by atoms with van der Waals surface area (Å²) in [6, 6.07) is 1.82. The third-order valence-corrected chi connectivity index (χ3v) is 3.73. The van der Waals surface area contributed by atoms with Gasteiger partial charge in [0.05, 0.1) is 10.7 Å². The summed E-state index contributed by atoms with van der Waals surface area (Å²) in [6.45, 7) is 0. The summed E-state index contributed by atoms with van der Waals surface area (Å²) >= 11 is 3.39. The maximum absolute atomic E-state index is 10.2. The second-order valence-electron chi connectivity index (χ2n) is 4.27. The van der Waals surface area contributed by atoms with Crippen LogP contribution >= 0.6 is 15.9 Å². The summed E-state index contributed by atoms with van der Waals surface area (Å²) in [5.74, 6) is 0.631. The van der Waals surface area contributed by atoms with E-state index < -0.39 is 6.10 Å². The summed E-state index contributed by atoms with van der Waals surface area (Å²) in [5.41, 5.74) is 1.11. The number of aliphatic hydroxyl groups excluding tert-OH is 1. The van der Waals surface area contributed by atoms with E-state index in [2.05, 4.69) is 22.0 Å². The third kappa shape index (κ3) is 2.77. The molecule has 0 bridgehead atoms. The molecule has 0 amide bonds. The quantitative estimate of drug-likeness (QED) is 0.819. The first-order chi connectivity index (χ1) is 7.79. The predicted molar refractivity (Wildman–Crippen MR) is 67.2 cm³/mol. The van der Waals surface area contributed by atoms with Crippen molar-refractivity contribution in [2.45, 2.75) is 44.6 Å². The molecule has 1 aliphatic carbocycles. The smallest absolute Gasteiger partial charge is 0.150 e. The number of aliphatic hydroxyl groups is 1. The van der Waals surface area contributed by atoms with Crippen LogP contribution < -0.4 is 0 Å². The van der Waals surface area contributed by atoms with E-state index >= 15 is 0 Å². The molecule has 3 heteroatoms. The van der Waals surface area contributed by atoms with Crippen molar-refractivity contribution < 1.29 is 9.52 Å². The van der Waals surface area contributed by atoms with Crippen LogP contribution in [-0.2, 0) is 0 Å². The van der Waals surface area contributed by atoms with Crippen molar-refractivity contribution in [3.05, 3.63) is 34.2 Å². The van der Waals surface area contributed by atoms with Crippen molar-refractivity contribution in [2.75, 3.05) is 0 Å². The average Bonchev–Trinajstić information content (AvgIpc) is 2.63. The third-order valence-electron chi connectivity index (χ3n) is 3.07. The van der Waals surface area contributed by atoms with Crippen molar-refractivity contribution >= 4 is 15.9 Å². The number of hydrogen-bond donors (Lipinski definition) is 1. The molecule has 88 valence electrons.